The van der Waals surface area contributed by atoms with Crippen molar-refractivity contribution in [3.05, 3.63) is 35.5 Å². The summed E-state index contributed by atoms with van der Waals surface area (Å²) in [5.74, 6) is -0.982. The van der Waals surface area contributed by atoms with Gasteiger partial charge >= 0.3 is 5.97 Å². The number of ether oxygens (including phenoxy) is 5. The number of hydrogen-bond acceptors (Lipinski definition) is 8. The highest BCUT2D eigenvalue weighted by atomic mass is 28.4. The molecule has 0 saturated carbocycles. The van der Waals surface area contributed by atoms with Crippen molar-refractivity contribution in [2.45, 2.75) is 192 Å². The maximum Gasteiger partial charge on any atom is 0.316 e. The minimum atomic E-state index is -2.29. The Morgan fingerprint density at radius 1 is 1.00 bits per heavy atom. The Kier molecular flexibility index (Phi) is 10.8. The van der Waals surface area contributed by atoms with Gasteiger partial charge in [-0.25, -0.2) is 0 Å². The van der Waals surface area contributed by atoms with Gasteiger partial charge in [-0.15, -0.1) is 0 Å². The molecular weight excluding hydrogens is 677 g/mol. The van der Waals surface area contributed by atoms with Gasteiger partial charge in [0.05, 0.1) is 36.6 Å². The van der Waals surface area contributed by atoms with E-state index in [4.69, 9.17) is 32.5 Å². The van der Waals surface area contributed by atoms with Crippen LogP contribution in [0, 0.1) is 17.8 Å². The van der Waals surface area contributed by atoms with Crippen LogP contribution in [0.25, 0.3) is 0 Å². The lowest BCUT2D eigenvalue weighted by molar-refractivity contribution is -0.336. The maximum absolute atomic E-state index is 15.0. The minimum absolute atomic E-state index is 0.00126. The van der Waals surface area contributed by atoms with Gasteiger partial charge in [-0.3, -0.25) is 4.79 Å². The van der Waals surface area contributed by atoms with E-state index < -0.39 is 40.0 Å². The first-order valence-electron chi connectivity index (χ1n) is 19.9. The zero-order valence-electron chi connectivity index (χ0n) is 33.9. The van der Waals surface area contributed by atoms with Crippen LogP contribution >= 0.6 is 0 Å². The summed E-state index contributed by atoms with van der Waals surface area (Å²) in [6, 6.07) is 0. The smallest absolute Gasteiger partial charge is 0.316 e. The van der Waals surface area contributed by atoms with Crippen molar-refractivity contribution in [3.8, 4) is 0 Å². The second-order valence-corrected chi connectivity index (χ2v) is 28.8. The van der Waals surface area contributed by atoms with Gasteiger partial charge in [-0.2, -0.15) is 0 Å². The van der Waals surface area contributed by atoms with Crippen LogP contribution in [0.2, 0.25) is 37.8 Å². The van der Waals surface area contributed by atoms with Crippen LogP contribution in [-0.4, -0.2) is 82.8 Å². The Balaban J connectivity index is 1.44. The average molecular weight is 745 g/mol. The van der Waals surface area contributed by atoms with Crippen LogP contribution in [-0.2, 0) is 37.3 Å². The Morgan fingerprint density at radius 2 is 1.73 bits per heavy atom. The number of carbonyl (C=O) groups excluding carboxylic acids is 1. The average Bonchev–Trinajstić information content (AvgIpc) is 3.47. The molecule has 1 spiro atoms. The fraction of sp³-hybridized carbons (Fsp3) is 0.829. The van der Waals surface area contributed by atoms with E-state index >= 15 is 0 Å². The Hall–Kier alpha value is -1.12. The molecule has 8 nitrogen and oxygen atoms in total. The molecule has 4 saturated heterocycles. The van der Waals surface area contributed by atoms with Crippen molar-refractivity contribution in [2.75, 3.05) is 6.61 Å². The zero-order valence-corrected chi connectivity index (χ0v) is 35.9. The largest absolute Gasteiger partial charge is 0.462 e. The fourth-order valence-electron chi connectivity index (χ4n) is 9.25. The lowest BCUT2D eigenvalue weighted by atomic mass is 9.71. The second kappa shape index (κ2) is 13.9. The zero-order chi connectivity index (χ0) is 37.4. The summed E-state index contributed by atoms with van der Waals surface area (Å²) < 4.78 is 48.3. The van der Waals surface area contributed by atoms with Gasteiger partial charge in [0.25, 0.3) is 0 Å². The van der Waals surface area contributed by atoms with E-state index in [9.17, 15) is 4.79 Å². The van der Waals surface area contributed by atoms with Crippen LogP contribution in [0.4, 0.5) is 0 Å². The van der Waals surface area contributed by atoms with Crippen LogP contribution in [0.3, 0.4) is 0 Å². The first-order chi connectivity index (χ1) is 23.6. The maximum atomic E-state index is 15.0. The minimum Gasteiger partial charge on any atom is -0.462 e. The molecule has 0 aromatic carbocycles. The number of carbonyl (C=O) groups is 1. The Labute approximate surface area is 310 Å². The molecule has 1 aliphatic carbocycles. The number of allylic oxidation sites excluding steroid dienone is 3. The number of rotatable bonds is 5. The number of hydrogen-bond donors (Lipinski definition) is 0. The molecule has 6 aliphatic rings. The molecule has 0 N–H and O–H groups in total. The topological polar surface area (TPSA) is 85.0 Å². The summed E-state index contributed by atoms with van der Waals surface area (Å²) in [6.07, 6.45) is 13.1. The van der Waals surface area contributed by atoms with E-state index in [-0.39, 0.29) is 47.1 Å². The van der Waals surface area contributed by atoms with Gasteiger partial charge in [0.15, 0.2) is 22.4 Å². The van der Waals surface area contributed by atoms with Crippen molar-refractivity contribution >= 4 is 22.6 Å². The second-order valence-electron chi connectivity index (χ2n) is 19.6. The first kappa shape index (κ1) is 39.6. The molecule has 0 aromatic rings. The Morgan fingerprint density at radius 3 is 2.39 bits per heavy atom. The van der Waals surface area contributed by atoms with Gasteiger partial charge in [0.1, 0.15) is 23.7 Å². The summed E-state index contributed by atoms with van der Waals surface area (Å²) in [7, 11) is -4.53. The molecule has 5 aliphatic heterocycles. The Bertz CT molecular complexity index is 1410. The van der Waals surface area contributed by atoms with E-state index in [0.717, 1.165) is 43.3 Å². The third-order valence-corrected chi connectivity index (χ3v) is 18.4. The van der Waals surface area contributed by atoms with E-state index in [1.165, 1.54) is 0 Å². The summed E-state index contributed by atoms with van der Waals surface area (Å²) in [4.78, 5) is 15.0. The highest BCUT2D eigenvalue weighted by Crippen LogP contribution is 2.53. The molecule has 6 rings (SSSR count). The fourth-order valence-corrected chi connectivity index (χ4v) is 11.9. The molecule has 4 fully saturated rings. The lowest BCUT2D eigenvalue weighted by Gasteiger charge is -2.52. The van der Waals surface area contributed by atoms with E-state index in [2.05, 4.69) is 112 Å². The molecular formula is C41H68O8Si2. The molecule has 5 heterocycles. The van der Waals surface area contributed by atoms with Crippen LogP contribution in [0.1, 0.15) is 100 Å². The van der Waals surface area contributed by atoms with Crippen molar-refractivity contribution < 1.29 is 37.3 Å². The van der Waals surface area contributed by atoms with Crippen molar-refractivity contribution in [1.29, 1.82) is 0 Å². The van der Waals surface area contributed by atoms with E-state index in [0.29, 0.717) is 31.3 Å². The van der Waals surface area contributed by atoms with Gasteiger partial charge in [-0.1, -0.05) is 65.8 Å². The molecule has 2 bridgehead atoms. The predicted octanol–water partition coefficient (Wildman–Crippen LogP) is 9.02. The van der Waals surface area contributed by atoms with Gasteiger partial charge in [0.2, 0.25) is 0 Å². The summed E-state index contributed by atoms with van der Waals surface area (Å²) in [5.41, 5.74) is 0.713. The number of epoxide rings is 1. The SMILES string of the molecule is CC[C@H]1O[C@]2(CC[C@@H]1C)C[C@@H]1C[C@@H](C[C@H]3O[C@@]3(C)C[C@@H](C)/C=C/C=C3\CO[C@@H]4[C@H](O[Si](C)(C)C(C)(C)C)C(C)=C[C@@H](C(=O)O1)[C@]34O[Si](C)(C)C)O2. The van der Waals surface area contributed by atoms with Gasteiger partial charge in [0, 0.05) is 25.7 Å². The molecule has 0 unspecified atom stereocenters. The molecule has 10 heteroatoms. The highest BCUT2D eigenvalue weighted by Gasteiger charge is 2.64. The first-order valence-corrected chi connectivity index (χ1v) is 26.2. The van der Waals surface area contributed by atoms with Gasteiger partial charge < -0.3 is 32.5 Å². The number of esters is 1. The normalized spacial score (nSPS) is 45.2. The molecule has 0 aromatic heterocycles. The standard InChI is InChI=1S/C41H68O8Si2/c1-14-33-27(3)18-19-40(46-33)24-31-21-30(45-40)22-34-39(8,47-34)23-26(2)16-15-17-29-25-43-36-35(48-51(12,13)38(5,6)7)28(4)20-32(37(42)44-31)41(29,36)49-50(9,10)11/h15-17,20,26-27,30-36H,14,18-19,21-25H2,1-13H3/b16-15+,29-17+/t26-,27-,30-,31-,32-,33+,34+,35+,36+,39-,40+,41+/m0/s1. The monoisotopic (exact) mass is 744 g/mol. The summed E-state index contributed by atoms with van der Waals surface area (Å²) in [6.45, 7) is 29.3. The third kappa shape index (κ3) is 7.87. The molecule has 288 valence electrons. The van der Waals surface area contributed by atoms with E-state index in [1.54, 1.807) is 0 Å². The van der Waals surface area contributed by atoms with E-state index in [1.807, 2.05) is 0 Å². The quantitative estimate of drug-likeness (QED) is 0.119. The van der Waals surface area contributed by atoms with Crippen molar-refractivity contribution in [2.24, 2.45) is 17.8 Å². The third-order valence-electron chi connectivity index (χ3n) is 13.0. The summed E-state index contributed by atoms with van der Waals surface area (Å²) in [5, 5.41) is -0.00126. The number of fused-ring (bicyclic) bond motifs is 3. The van der Waals surface area contributed by atoms with Crippen LogP contribution in [0.5, 0.6) is 0 Å². The van der Waals surface area contributed by atoms with Crippen molar-refractivity contribution in [1.82, 2.24) is 0 Å². The molecule has 12 atom stereocenters. The summed E-state index contributed by atoms with van der Waals surface area (Å²) >= 11 is 0. The van der Waals surface area contributed by atoms with Crippen LogP contribution in [0.15, 0.2) is 35.5 Å². The highest BCUT2D eigenvalue weighted by molar-refractivity contribution is 6.74. The molecule has 0 amide bonds. The molecule has 0 radical (unpaired) electrons. The van der Waals surface area contributed by atoms with Gasteiger partial charge in [-0.05, 0) is 93.9 Å². The van der Waals surface area contributed by atoms with Crippen LogP contribution < -0.4 is 0 Å². The molecule has 51 heavy (non-hydrogen) atoms. The lowest BCUT2D eigenvalue weighted by Crippen LogP contribution is -2.64. The van der Waals surface area contributed by atoms with Crippen molar-refractivity contribution in [3.63, 3.8) is 0 Å². The predicted molar refractivity (Wildman–Crippen MR) is 205 cm³/mol.